The molecule has 2 aromatic rings. The van der Waals surface area contributed by atoms with Crippen LogP contribution in [0.25, 0.3) is 10.6 Å². The monoisotopic (exact) mass is 300 g/mol. The molecule has 0 saturated heterocycles. The number of aromatic nitrogens is 1. The fraction of sp³-hybridized carbons (Fsp3) is 0.357. The maximum absolute atomic E-state index is 13.6. The maximum Gasteiger partial charge on any atom is 0.139 e. The second-order valence-corrected chi connectivity index (χ2v) is 6.02. The number of halogens is 3. The number of hydrogen-bond donors (Lipinski definition) is 1. The Hall–Kier alpha value is -1.40. The highest BCUT2D eigenvalue weighted by atomic mass is 32.1. The third kappa shape index (κ3) is 3.58. The van der Waals surface area contributed by atoms with Gasteiger partial charge in [0.15, 0.2) is 0 Å². The van der Waals surface area contributed by atoms with Crippen molar-refractivity contribution in [2.24, 2.45) is 5.92 Å². The van der Waals surface area contributed by atoms with Gasteiger partial charge in [0.2, 0.25) is 0 Å². The average molecular weight is 300 g/mol. The summed E-state index contributed by atoms with van der Waals surface area (Å²) in [7, 11) is 0. The molecule has 20 heavy (non-hydrogen) atoms. The molecule has 2 rings (SSSR count). The van der Waals surface area contributed by atoms with Gasteiger partial charge in [-0.25, -0.2) is 18.2 Å². The zero-order valence-corrected chi connectivity index (χ0v) is 12.0. The fourth-order valence-electron chi connectivity index (χ4n) is 1.74. The number of benzene rings is 1. The van der Waals surface area contributed by atoms with Gasteiger partial charge in [-0.2, -0.15) is 0 Å². The lowest BCUT2D eigenvalue weighted by Gasteiger charge is -2.05. The molecule has 0 fully saturated rings. The molecule has 0 aliphatic rings. The zero-order chi connectivity index (χ0) is 14.7. The second kappa shape index (κ2) is 6.37. The van der Waals surface area contributed by atoms with Gasteiger partial charge in [-0.1, -0.05) is 13.8 Å². The highest BCUT2D eigenvalue weighted by molar-refractivity contribution is 7.15. The molecule has 0 saturated carbocycles. The summed E-state index contributed by atoms with van der Waals surface area (Å²) in [5.41, 5.74) is -0.272. The molecule has 0 radical (unpaired) electrons. The summed E-state index contributed by atoms with van der Waals surface area (Å²) in [6, 6.07) is 1.33. The Kier molecular flexibility index (Phi) is 4.77. The first kappa shape index (κ1) is 15.0. The van der Waals surface area contributed by atoms with E-state index in [1.54, 1.807) is 6.20 Å². The summed E-state index contributed by atoms with van der Waals surface area (Å²) in [6.45, 7) is 5.63. The van der Waals surface area contributed by atoms with E-state index in [-0.39, 0.29) is 10.6 Å². The molecule has 0 atom stereocenters. The minimum Gasteiger partial charge on any atom is -0.312 e. The third-order valence-electron chi connectivity index (χ3n) is 2.63. The van der Waals surface area contributed by atoms with Gasteiger partial charge in [0.25, 0.3) is 0 Å². The van der Waals surface area contributed by atoms with E-state index in [4.69, 9.17) is 0 Å². The van der Waals surface area contributed by atoms with Crippen LogP contribution in [0.4, 0.5) is 13.2 Å². The van der Waals surface area contributed by atoms with E-state index in [0.29, 0.717) is 24.6 Å². The molecule has 1 aromatic carbocycles. The molecule has 1 heterocycles. The predicted molar refractivity (Wildman–Crippen MR) is 74.0 cm³/mol. The molecule has 108 valence electrons. The number of nitrogens with one attached hydrogen (secondary N) is 1. The van der Waals surface area contributed by atoms with E-state index >= 15 is 0 Å². The van der Waals surface area contributed by atoms with Gasteiger partial charge < -0.3 is 5.32 Å². The highest BCUT2D eigenvalue weighted by Gasteiger charge is 2.16. The van der Waals surface area contributed by atoms with Crippen molar-refractivity contribution in [1.29, 1.82) is 0 Å². The van der Waals surface area contributed by atoms with Crippen molar-refractivity contribution in [3.05, 3.63) is 40.7 Å². The van der Waals surface area contributed by atoms with Crippen molar-refractivity contribution in [3.63, 3.8) is 0 Å². The van der Waals surface area contributed by atoms with Crippen molar-refractivity contribution in [3.8, 4) is 10.6 Å². The van der Waals surface area contributed by atoms with Gasteiger partial charge in [0, 0.05) is 29.8 Å². The summed E-state index contributed by atoms with van der Waals surface area (Å²) in [6.07, 6.45) is 1.58. The van der Waals surface area contributed by atoms with E-state index in [1.165, 1.54) is 11.3 Å². The molecule has 1 aromatic heterocycles. The van der Waals surface area contributed by atoms with Crippen LogP contribution in [0.5, 0.6) is 0 Å². The molecular weight excluding hydrogens is 285 g/mol. The second-order valence-electron chi connectivity index (χ2n) is 4.90. The number of nitrogens with zero attached hydrogens (tertiary/aromatic N) is 1. The molecule has 0 spiro atoms. The van der Waals surface area contributed by atoms with Crippen LogP contribution in [0.3, 0.4) is 0 Å². The summed E-state index contributed by atoms with van der Waals surface area (Å²) >= 11 is 1.20. The number of hydrogen-bond acceptors (Lipinski definition) is 3. The Bertz CT molecular complexity index is 573. The number of rotatable bonds is 5. The van der Waals surface area contributed by atoms with Gasteiger partial charge >= 0.3 is 0 Å². The first-order valence-corrected chi connectivity index (χ1v) is 7.09. The minimum atomic E-state index is -0.932. The standard InChI is InChI=1S/C14H15F3N2S/c1-8(2)5-18-6-10-7-19-14(20-10)13-11(16)3-9(15)4-12(13)17/h3-4,7-8,18H,5-6H2,1-2H3. The van der Waals surface area contributed by atoms with Gasteiger partial charge in [-0.3, -0.25) is 0 Å². The van der Waals surface area contributed by atoms with E-state index in [9.17, 15) is 13.2 Å². The predicted octanol–water partition coefficient (Wildman–Crippen LogP) is 3.97. The molecule has 2 nitrogen and oxygen atoms in total. The lowest BCUT2D eigenvalue weighted by Crippen LogP contribution is -2.18. The zero-order valence-electron chi connectivity index (χ0n) is 11.2. The van der Waals surface area contributed by atoms with Crippen LogP contribution in [0.1, 0.15) is 18.7 Å². The topological polar surface area (TPSA) is 24.9 Å². The summed E-state index contributed by atoms with van der Waals surface area (Å²) in [5, 5.41) is 3.45. The van der Waals surface area contributed by atoms with Crippen LogP contribution in [0.15, 0.2) is 18.3 Å². The quantitative estimate of drug-likeness (QED) is 0.903. The Balaban J connectivity index is 2.17. The van der Waals surface area contributed by atoms with Gasteiger partial charge in [-0.05, 0) is 12.5 Å². The molecule has 1 N–H and O–H groups in total. The van der Waals surface area contributed by atoms with Gasteiger partial charge in [0.1, 0.15) is 22.5 Å². The summed E-state index contributed by atoms with van der Waals surface area (Å²) < 4.78 is 40.1. The van der Waals surface area contributed by atoms with Crippen molar-refractivity contribution in [1.82, 2.24) is 10.3 Å². The maximum atomic E-state index is 13.6. The molecule has 6 heteroatoms. The molecule has 0 aliphatic carbocycles. The smallest absolute Gasteiger partial charge is 0.139 e. The average Bonchev–Trinajstić information content (AvgIpc) is 2.75. The van der Waals surface area contributed by atoms with Crippen LogP contribution in [0.2, 0.25) is 0 Å². The van der Waals surface area contributed by atoms with Gasteiger partial charge in [0.05, 0.1) is 5.56 Å². The molecule has 0 amide bonds. The van der Waals surface area contributed by atoms with Crippen molar-refractivity contribution >= 4 is 11.3 Å². The Morgan fingerprint density at radius 3 is 2.45 bits per heavy atom. The fourth-order valence-corrected chi connectivity index (χ4v) is 2.67. The summed E-state index contributed by atoms with van der Waals surface area (Å²) in [5.74, 6) is -2.27. The SMILES string of the molecule is CC(C)CNCc1cnc(-c2c(F)cc(F)cc2F)s1. The first-order chi connectivity index (χ1) is 9.47. The van der Waals surface area contributed by atoms with E-state index in [2.05, 4.69) is 24.1 Å². The van der Waals surface area contributed by atoms with E-state index < -0.39 is 17.5 Å². The lowest BCUT2D eigenvalue weighted by molar-refractivity contribution is 0.548. The van der Waals surface area contributed by atoms with Crippen molar-refractivity contribution in [2.45, 2.75) is 20.4 Å². The third-order valence-corrected chi connectivity index (χ3v) is 3.64. The first-order valence-electron chi connectivity index (χ1n) is 6.27. The van der Waals surface area contributed by atoms with Crippen LogP contribution in [-0.2, 0) is 6.54 Å². The molecule has 0 aliphatic heterocycles. The Morgan fingerprint density at radius 2 is 1.85 bits per heavy atom. The van der Waals surface area contributed by atoms with Gasteiger partial charge in [-0.15, -0.1) is 11.3 Å². The highest BCUT2D eigenvalue weighted by Crippen LogP contribution is 2.30. The molecule has 0 bridgehead atoms. The van der Waals surface area contributed by atoms with Crippen LogP contribution < -0.4 is 5.32 Å². The van der Waals surface area contributed by atoms with Crippen molar-refractivity contribution < 1.29 is 13.2 Å². The Labute approximate surface area is 119 Å². The van der Waals surface area contributed by atoms with E-state index in [0.717, 1.165) is 11.4 Å². The largest absolute Gasteiger partial charge is 0.312 e. The summed E-state index contributed by atoms with van der Waals surface area (Å²) in [4.78, 5) is 4.89. The Morgan fingerprint density at radius 1 is 1.20 bits per heavy atom. The molecular formula is C14H15F3N2S. The van der Waals surface area contributed by atoms with Crippen LogP contribution in [0, 0.1) is 23.4 Å². The van der Waals surface area contributed by atoms with Crippen molar-refractivity contribution in [2.75, 3.05) is 6.54 Å². The number of thiazole rings is 1. The van der Waals surface area contributed by atoms with Crippen LogP contribution in [-0.4, -0.2) is 11.5 Å². The lowest BCUT2D eigenvalue weighted by atomic mass is 10.2. The van der Waals surface area contributed by atoms with Crippen LogP contribution >= 0.6 is 11.3 Å². The van der Waals surface area contributed by atoms with E-state index in [1.807, 2.05) is 0 Å². The molecule has 0 unspecified atom stereocenters. The normalized spacial score (nSPS) is 11.3. The minimum absolute atomic E-state index is 0.223.